The Balaban J connectivity index is 2.40. The molecule has 1 aliphatic rings. The molecule has 1 rings (SSSR count). The normalized spacial score (nSPS) is 21.8. The van der Waals surface area contributed by atoms with E-state index < -0.39 is 8.99 Å². The van der Waals surface area contributed by atoms with Crippen LogP contribution in [0.1, 0.15) is 46.0 Å². The molecular weight excluding hydrogens is 186 g/mol. The van der Waals surface area contributed by atoms with E-state index in [1.54, 1.807) is 0 Å². The van der Waals surface area contributed by atoms with Crippen LogP contribution in [0.4, 0.5) is 0 Å². The van der Waals surface area contributed by atoms with Gasteiger partial charge in [-0.25, -0.2) is 0 Å². The predicted octanol–water partition coefficient (Wildman–Crippen LogP) is 2.27. The maximum Gasteiger partial charge on any atom is 0.198 e. The van der Waals surface area contributed by atoms with Gasteiger partial charge in [0.25, 0.3) is 0 Å². The topological polar surface area (TPSA) is 3.24 Å². The second kappa shape index (κ2) is 5.25. The largest absolute Gasteiger partial charge is 0.311 e. The van der Waals surface area contributed by atoms with Gasteiger partial charge in [0.1, 0.15) is 0 Å². The van der Waals surface area contributed by atoms with Gasteiger partial charge in [-0.15, -0.1) is 0 Å². The molecule has 0 heterocycles. The second-order valence-electron chi connectivity index (χ2n) is 4.02. The van der Waals surface area contributed by atoms with Gasteiger partial charge in [-0.05, 0) is 18.9 Å². The summed E-state index contributed by atoms with van der Waals surface area (Å²) in [4.78, 5) is 0. The molecule has 0 aromatic carbocycles. The molecule has 0 aliphatic heterocycles. The lowest BCUT2D eigenvalue weighted by Crippen LogP contribution is -2.42. The van der Waals surface area contributed by atoms with Crippen molar-refractivity contribution in [2.75, 3.05) is 0 Å². The maximum absolute atomic E-state index is 6.06. The molecule has 1 saturated carbocycles. The van der Waals surface area contributed by atoms with Crippen LogP contribution in [0, 0.1) is 0 Å². The van der Waals surface area contributed by atoms with Gasteiger partial charge < -0.3 is 4.57 Å². The van der Waals surface area contributed by atoms with Crippen LogP contribution < -0.4 is 0 Å². The van der Waals surface area contributed by atoms with Crippen molar-refractivity contribution in [3.8, 4) is 0 Å². The molecule has 1 nitrogen and oxygen atoms in total. The lowest BCUT2D eigenvalue weighted by Gasteiger charge is -2.35. The molecule has 0 bridgehead atoms. The third-order valence-electron chi connectivity index (χ3n) is 2.85. The first-order valence-electron chi connectivity index (χ1n) is 5.07. The fraction of sp³-hybridized carbons (Fsp3) is 1.00. The first-order chi connectivity index (χ1) is 5.75. The van der Waals surface area contributed by atoms with Gasteiger partial charge in [0, 0.05) is 6.04 Å². The molecule has 0 unspecified atom stereocenters. The van der Waals surface area contributed by atoms with Crippen LogP contribution in [0.3, 0.4) is 0 Å². The highest BCUT2D eigenvalue weighted by Gasteiger charge is 2.21. The van der Waals surface area contributed by atoms with Crippen LogP contribution in [0.2, 0.25) is 0 Å². The summed E-state index contributed by atoms with van der Waals surface area (Å²) in [6, 6.07) is 1.49. The molecule has 0 N–H and O–H groups in total. The Labute approximate surface area is 83.1 Å². The predicted molar refractivity (Wildman–Crippen MR) is 58.2 cm³/mol. The van der Waals surface area contributed by atoms with Crippen molar-refractivity contribution < 1.29 is 0 Å². The first-order valence-corrected chi connectivity index (χ1v) is 7.84. The van der Waals surface area contributed by atoms with Gasteiger partial charge in [0.05, 0.1) is 0 Å². The van der Waals surface area contributed by atoms with Gasteiger partial charge >= 0.3 is 0 Å². The summed E-state index contributed by atoms with van der Waals surface area (Å²) in [6.07, 6.45) is 7.04. The standard InChI is InChI=1S/C9H20ClNSi/c1-8(2)11(12-10)9-6-4-3-5-7-9/h8-9H,3-7,12H2,1-2H3. The second-order valence-corrected chi connectivity index (χ2v) is 5.71. The Kier molecular flexibility index (Phi) is 4.62. The molecular formula is C9H20ClNSi. The van der Waals surface area contributed by atoms with Gasteiger partial charge in [-0.3, -0.25) is 0 Å². The minimum Gasteiger partial charge on any atom is -0.311 e. The third kappa shape index (κ3) is 2.75. The zero-order chi connectivity index (χ0) is 8.97. The van der Waals surface area contributed by atoms with Gasteiger partial charge in [-0.1, -0.05) is 33.1 Å². The summed E-state index contributed by atoms with van der Waals surface area (Å²) in [5.74, 6) is 0. The van der Waals surface area contributed by atoms with E-state index in [2.05, 4.69) is 18.4 Å². The molecule has 72 valence electrons. The van der Waals surface area contributed by atoms with E-state index in [-0.39, 0.29) is 0 Å². The molecule has 0 saturated heterocycles. The summed E-state index contributed by atoms with van der Waals surface area (Å²) in [6.45, 7) is 4.54. The Morgan fingerprint density at radius 3 is 2.25 bits per heavy atom. The molecule has 3 heteroatoms. The van der Waals surface area contributed by atoms with Crippen LogP contribution in [-0.2, 0) is 0 Å². The van der Waals surface area contributed by atoms with E-state index in [4.69, 9.17) is 11.1 Å². The molecule has 0 aromatic rings. The highest BCUT2D eigenvalue weighted by atomic mass is 35.6. The van der Waals surface area contributed by atoms with Crippen LogP contribution in [0.5, 0.6) is 0 Å². The number of halogens is 1. The Hall–Kier alpha value is 0.467. The fourth-order valence-electron chi connectivity index (χ4n) is 2.07. The average Bonchev–Trinajstić information content (AvgIpc) is 2.07. The first kappa shape index (κ1) is 10.5. The average molecular weight is 206 g/mol. The Bertz CT molecular complexity index is 124. The zero-order valence-electron chi connectivity index (χ0n) is 8.22. The van der Waals surface area contributed by atoms with Crippen molar-refractivity contribution in [3.05, 3.63) is 0 Å². The highest BCUT2D eigenvalue weighted by Crippen LogP contribution is 2.23. The number of hydrogen-bond donors (Lipinski definition) is 0. The van der Waals surface area contributed by atoms with Gasteiger partial charge in [-0.2, -0.15) is 11.1 Å². The summed E-state index contributed by atoms with van der Waals surface area (Å²) in [5.41, 5.74) is 0. The summed E-state index contributed by atoms with van der Waals surface area (Å²) in [5, 5.41) is 0. The zero-order valence-corrected chi connectivity index (χ0v) is 10.4. The molecule has 0 amide bonds. The molecule has 0 radical (unpaired) electrons. The van der Waals surface area contributed by atoms with E-state index in [1.165, 1.54) is 32.1 Å². The number of rotatable bonds is 3. The maximum atomic E-state index is 6.06. The minimum absolute atomic E-state index is 0.459. The fourth-order valence-corrected chi connectivity index (χ4v) is 4.32. The van der Waals surface area contributed by atoms with Crippen molar-refractivity contribution in [1.82, 2.24) is 4.57 Å². The summed E-state index contributed by atoms with van der Waals surface area (Å²) < 4.78 is 2.56. The van der Waals surface area contributed by atoms with Crippen LogP contribution in [-0.4, -0.2) is 25.6 Å². The Morgan fingerprint density at radius 1 is 1.25 bits per heavy atom. The van der Waals surface area contributed by atoms with Crippen LogP contribution in [0.25, 0.3) is 0 Å². The molecule has 1 aliphatic carbocycles. The van der Waals surface area contributed by atoms with E-state index in [1.807, 2.05) is 0 Å². The lowest BCUT2D eigenvalue weighted by molar-refractivity contribution is 0.226. The van der Waals surface area contributed by atoms with Crippen LogP contribution >= 0.6 is 11.1 Å². The highest BCUT2D eigenvalue weighted by molar-refractivity contribution is 6.92. The van der Waals surface area contributed by atoms with Crippen molar-refractivity contribution in [3.63, 3.8) is 0 Å². The van der Waals surface area contributed by atoms with Gasteiger partial charge in [0.2, 0.25) is 0 Å². The molecule has 12 heavy (non-hydrogen) atoms. The van der Waals surface area contributed by atoms with Crippen molar-refractivity contribution in [2.24, 2.45) is 0 Å². The van der Waals surface area contributed by atoms with Crippen molar-refractivity contribution in [2.45, 2.75) is 58.0 Å². The summed E-state index contributed by atoms with van der Waals surface area (Å²) >= 11 is 6.06. The van der Waals surface area contributed by atoms with E-state index >= 15 is 0 Å². The van der Waals surface area contributed by atoms with Gasteiger partial charge in [0.15, 0.2) is 8.99 Å². The summed E-state index contributed by atoms with van der Waals surface area (Å²) in [7, 11) is -0.459. The van der Waals surface area contributed by atoms with Crippen molar-refractivity contribution in [1.29, 1.82) is 0 Å². The SMILES string of the molecule is CC(C)N([SiH2]Cl)C1CCCCC1. The quantitative estimate of drug-likeness (QED) is 0.505. The molecule has 0 aromatic heterocycles. The van der Waals surface area contributed by atoms with Crippen molar-refractivity contribution >= 4 is 20.1 Å². The monoisotopic (exact) mass is 205 g/mol. The molecule has 0 atom stereocenters. The van der Waals surface area contributed by atoms with Crippen LogP contribution in [0.15, 0.2) is 0 Å². The Morgan fingerprint density at radius 2 is 1.83 bits per heavy atom. The molecule has 0 spiro atoms. The number of hydrogen-bond acceptors (Lipinski definition) is 1. The van der Waals surface area contributed by atoms with E-state index in [0.717, 1.165) is 6.04 Å². The minimum atomic E-state index is -0.459. The van der Waals surface area contributed by atoms with E-state index in [9.17, 15) is 0 Å². The smallest absolute Gasteiger partial charge is 0.198 e. The van der Waals surface area contributed by atoms with E-state index in [0.29, 0.717) is 6.04 Å². The third-order valence-corrected chi connectivity index (χ3v) is 5.20. The number of nitrogens with zero attached hydrogens (tertiary/aromatic N) is 1. The molecule has 1 fully saturated rings. The lowest BCUT2D eigenvalue weighted by atomic mass is 9.95.